The molecule has 0 unspecified atom stereocenters. The summed E-state index contributed by atoms with van der Waals surface area (Å²) >= 11 is 0. The van der Waals surface area contributed by atoms with Crippen LogP contribution in [0.2, 0.25) is 0 Å². The van der Waals surface area contributed by atoms with Gasteiger partial charge in [0.1, 0.15) is 5.75 Å². The van der Waals surface area contributed by atoms with Crippen LogP contribution in [0.1, 0.15) is 23.7 Å². The summed E-state index contributed by atoms with van der Waals surface area (Å²) in [5, 5.41) is 2.63. The van der Waals surface area contributed by atoms with Gasteiger partial charge in [-0.05, 0) is 25.5 Å². The molecule has 0 bridgehead atoms. The van der Waals surface area contributed by atoms with E-state index in [2.05, 4.69) is 5.32 Å². The topological polar surface area (TPSA) is 89.5 Å². The van der Waals surface area contributed by atoms with E-state index in [0.717, 1.165) is 0 Å². The molecule has 114 valence electrons. The van der Waals surface area contributed by atoms with Gasteiger partial charge in [0, 0.05) is 11.6 Å². The molecule has 1 fully saturated rings. The van der Waals surface area contributed by atoms with Crippen LogP contribution in [0.25, 0.3) is 0 Å². The quantitative estimate of drug-likeness (QED) is 0.803. The number of sulfone groups is 1. The molecule has 0 spiro atoms. The van der Waals surface area contributed by atoms with Crippen molar-refractivity contribution in [1.82, 2.24) is 5.32 Å². The number of nitrogens with one attached hydrogen (secondary N) is 1. The first-order chi connectivity index (χ1) is 9.85. The van der Waals surface area contributed by atoms with Crippen LogP contribution in [0.4, 0.5) is 0 Å². The van der Waals surface area contributed by atoms with Crippen molar-refractivity contribution in [1.29, 1.82) is 0 Å². The molecule has 0 aromatic heterocycles. The summed E-state index contributed by atoms with van der Waals surface area (Å²) in [5.41, 5.74) is 0.509. The molecule has 0 saturated carbocycles. The molecule has 0 aliphatic carbocycles. The van der Waals surface area contributed by atoms with Crippen molar-refractivity contribution in [3.63, 3.8) is 0 Å². The Kier molecular flexibility index (Phi) is 4.62. The summed E-state index contributed by atoms with van der Waals surface area (Å²) in [6, 6.07) is 6.22. The van der Waals surface area contributed by atoms with Gasteiger partial charge >= 0.3 is 0 Å². The molecule has 6 nitrogen and oxygen atoms in total. The highest BCUT2D eigenvalue weighted by Gasteiger charge is 2.28. The number of rotatable bonds is 5. The van der Waals surface area contributed by atoms with Gasteiger partial charge in [-0.1, -0.05) is 12.1 Å². The number of ketones is 1. The summed E-state index contributed by atoms with van der Waals surface area (Å²) < 4.78 is 27.9. The Hall–Kier alpha value is -1.89. The van der Waals surface area contributed by atoms with E-state index in [0.29, 0.717) is 17.7 Å². The van der Waals surface area contributed by atoms with Crippen molar-refractivity contribution < 1.29 is 22.7 Å². The fourth-order valence-corrected chi connectivity index (χ4v) is 3.81. The lowest BCUT2D eigenvalue weighted by molar-refractivity contribution is -0.123. The molecule has 1 aromatic rings. The molecule has 1 N–H and O–H groups in total. The fourth-order valence-electron chi connectivity index (χ4n) is 2.13. The van der Waals surface area contributed by atoms with Crippen LogP contribution in [0, 0.1) is 0 Å². The largest absolute Gasteiger partial charge is 0.484 e. The zero-order valence-corrected chi connectivity index (χ0v) is 12.5. The van der Waals surface area contributed by atoms with Crippen LogP contribution in [0.15, 0.2) is 24.3 Å². The van der Waals surface area contributed by atoms with Gasteiger partial charge in [-0.3, -0.25) is 9.59 Å². The minimum Gasteiger partial charge on any atom is -0.484 e. The minimum atomic E-state index is -3.02. The average Bonchev–Trinajstić information content (AvgIpc) is 2.76. The summed E-state index contributed by atoms with van der Waals surface area (Å²) in [5.74, 6) is 0.0705. The van der Waals surface area contributed by atoms with E-state index in [4.69, 9.17) is 4.74 Å². The third-order valence-electron chi connectivity index (χ3n) is 3.21. The Morgan fingerprint density at radius 1 is 1.38 bits per heavy atom. The van der Waals surface area contributed by atoms with E-state index in [1.54, 1.807) is 24.3 Å². The molecule has 1 aliphatic heterocycles. The Morgan fingerprint density at radius 2 is 2.14 bits per heavy atom. The van der Waals surface area contributed by atoms with Crippen LogP contribution in [0.5, 0.6) is 5.75 Å². The number of amides is 1. The lowest BCUT2D eigenvalue weighted by atomic mass is 10.1. The molecule has 1 aliphatic rings. The molecular formula is C14H17NO5S. The highest BCUT2D eigenvalue weighted by atomic mass is 32.2. The number of ether oxygens (including phenoxy) is 1. The lowest BCUT2D eigenvalue weighted by Gasteiger charge is -2.11. The zero-order valence-electron chi connectivity index (χ0n) is 11.7. The van der Waals surface area contributed by atoms with E-state index in [1.165, 1.54) is 6.92 Å². The van der Waals surface area contributed by atoms with E-state index < -0.39 is 9.84 Å². The third-order valence-corrected chi connectivity index (χ3v) is 4.98. The van der Waals surface area contributed by atoms with Crippen molar-refractivity contribution >= 4 is 21.5 Å². The van der Waals surface area contributed by atoms with Gasteiger partial charge in [0.05, 0.1) is 11.5 Å². The summed E-state index contributed by atoms with van der Waals surface area (Å²) in [6.45, 7) is 1.24. The average molecular weight is 311 g/mol. The fraction of sp³-hybridized carbons (Fsp3) is 0.429. The highest BCUT2D eigenvalue weighted by Crippen LogP contribution is 2.14. The zero-order chi connectivity index (χ0) is 15.5. The van der Waals surface area contributed by atoms with Crippen LogP contribution >= 0.6 is 0 Å². The number of carbonyl (C=O) groups is 2. The van der Waals surface area contributed by atoms with Gasteiger partial charge in [-0.15, -0.1) is 0 Å². The van der Waals surface area contributed by atoms with E-state index in [-0.39, 0.29) is 35.8 Å². The molecule has 1 atom stereocenters. The second-order valence-electron chi connectivity index (χ2n) is 5.04. The first-order valence-electron chi connectivity index (χ1n) is 6.59. The van der Waals surface area contributed by atoms with E-state index >= 15 is 0 Å². The molecule has 1 heterocycles. The molecule has 7 heteroatoms. The van der Waals surface area contributed by atoms with Gasteiger partial charge in [-0.25, -0.2) is 8.42 Å². The summed E-state index contributed by atoms with van der Waals surface area (Å²) in [4.78, 5) is 22.9. The maximum Gasteiger partial charge on any atom is 0.258 e. The molecule has 0 radical (unpaired) electrons. The second-order valence-corrected chi connectivity index (χ2v) is 7.27. The molecule has 1 saturated heterocycles. The monoisotopic (exact) mass is 311 g/mol. The van der Waals surface area contributed by atoms with Crippen molar-refractivity contribution in [2.24, 2.45) is 0 Å². The predicted octanol–water partition coefficient (Wildman–Crippen LogP) is 0.571. The first-order valence-corrected chi connectivity index (χ1v) is 8.41. The third kappa shape index (κ3) is 4.56. The Labute approximate surface area is 123 Å². The summed E-state index contributed by atoms with van der Waals surface area (Å²) in [6.07, 6.45) is 0.438. The first kappa shape index (κ1) is 15.5. The second kappa shape index (κ2) is 6.26. The van der Waals surface area contributed by atoms with Gasteiger partial charge in [0.15, 0.2) is 22.2 Å². The van der Waals surface area contributed by atoms with Crippen molar-refractivity contribution in [3.05, 3.63) is 29.8 Å². The Bertz CT molecular complexity index is 653. The smallest absolute Gasteiger partial charge is 0.258 e. The number of hydrogen-bond donors (Lipinski definition) is 1. The predicted molar refractivity (Wildman–Crippen MR) is 77.1 cm³/mol. The molecule has 21 heavy (non-hydrogen) atoms. The maximum absolute atomic E-state index is 11.7. The molecule has 2 rings (SSSR count). The molecule has 1 amide bonds. The SMILES string of the molecule is CC(=O)c1cccc(OCC(=O)N[C@@H]2CCS(=O)(=O)C2)c1. The van der Waals surface area contributed by atoms with Gasteiger partial charge in [-0.2, -0.15) is 0 Å². The van der Waals surface area contributed by atoms with E-state index in [1.807, 2.05) is 0 Å². The van der Waals surface area contributed by atoms with E-state index in [9.17, 15) is 18.0 Å². The summed E-state index contributed by atoms with van der Waals surface area (Å²) in [7, 11) is -3.02. The Morgan fingerprint density at radius 3 is 2.76 bits per heavy atom. The molecule has 1 aromatic carbocycles. The number of carbonyl (C=O) groups excluding carboxylic acids is 2. The molecular weight excluding hydrogens is 294 g/mol. The van der Waals surface area contributed by atoms with Crippen LogP contribution < -0.4 is 10.1 Å². The van der Waals surface area contributed by atoms with Crippen molar-refractivity contribution in [3.8, 4) is 5.75 Å². The number of benzene rings is 1. The van der Waals surface area contributed by atoms with Gasteiger partial charge < -0.3 is 10.1 Å². The number of Topliss-reactive ketones (excluding diaryl/α,β-unsaturated/α-hetero) is 1. The van der Waals surface area contributed by atoms with Crippen LogP contribution in [-0.2, 0) is 14.6 Å². The van der Waals surface area contributed by atoms with Crippen LogP contribution in [0.3, 0.4) is 0 Å². The number of hydrogen-bond acceptors (Lipinski definition) is 5. The maximum atomic E-state index is 11.7. The van der Waals surface area contributed by atoms with Crippen LogP contribution in [-0.4, -0.2) is 44.3 Å². The van der Waals surface area contributed by atoms with Gasteiger partial charge in [0.2, 0.25) is 0 Å². The van der Waals surface area contributed by atoms with Crippen molar-refractivity contribution in [2.75, 3.05) is 18.1 Å². The normalized spacial score (nSPS) is 20.0. The highest BCUT2D eigenvalue weighted by molar-refractivity contribution is 7.91. The Balaban J connectivity index is 1.84. The minimum absolute atomic E-state index is 0.0153. The standard InChI is InChI=1S/C14H17NO5S/c1-10(16)11-3-2-4-13(7-11)20-8-14(17)15-12-5-6-21(18,19)9-12/h2-4,7,12H,5-6,8-9H2,1H3,(H,15,17)/t12-/m1/s1. The lowest BCUT2D eigenvalue weighted by Crippen LogP contribution is -2.38. The van der Waals surface area contributed by atoms with Crippen molar-refractivity contribution in [2.45, 2.75) is 19.4 Å². The van der Waals surface area contributed by atoms with Gasteiger partial charge in [0.25, 0.3) is 5.91 Å².